The molecule has 0 atom stereocenters. The third-order valence-electron chi connectivity index (χ3n) is 2.26. The van der Waals surface area contributed by atoms with Crippen LogP contribution in [0.25, 0.3) is 0 Å². The Kier molecular flexibility index (Phi) is 2.37. The lowest BCUT2D eigenvalue weighted by molar-refractivity contribution is 0.600. The molecule has 5 heteroatoms. The average molecular weight is 222 g/mol. The summed E-state index contributed by atoms with van der Waals surface area (Å²) in [6.45, 7) is 0. The Morgan fingerprint density at radius 1 is 1.33 bits per heavy atom. The highest BCUT2D eigenvalue weighted by Crippen LogP contribution is 2.30. The largest absolute Gasteiger partial charge is 0.282 e. The van der Waals surface area contributed by atoms with Gasteiger partial charge in [-0.25, -0.2) is 8.42 Å². The summed E-state index contributed by atoms with van der Waals surface area (Å²) in [7, 11) is -3.27. The molecular weight excluding hydrogens is 212 g/mol. The molecule has 0 unspecified atom stereocenters. The second-order valence-electron chi connectivity index (χ2n) is 3.50. The van der Waals surface area contributed by atoms with Crippen molar-refractivity contribution < 1.29 is 8.42 Å². The number of rotatable bonds is 3. The molecule has 0 aliphatic heterocycles. The van der Waals surface area contributed by atoms with E-state index in [0.717, 1.165) is 0 Å². The normalized spacial score (nSPS) is 15.7. The first-order valence-electron chi connectivity index (χ1n) is 4.64. The van der Waals surface area contributed by atoms with Crippen LogP contribution in [0.4, 0.5) is 5.69 Å². The molecule has 0 bridgehead atoms. The molecule has 0 heterocycles. The molecule has 4 nitrogen and oxygen atoms in total. The van der Waals surface area contributed by atoms with Gasteiger partial charge in [-0.1, -0.05) is 12.1 Å². The number of para-hydroxylation sites is 1. The van der Waals surface area contributed by atoms with E-state index in [4.69, 9.17) is 5.26 Å². The molecule has 1 aromatic rings. The van der Waals surface area contributed by atoms with Gasteiger partial charge in [0.2, 0.25) is 10.0 Å². The maximum Gasteiger partial charge on any atom is 0.235 e. The Hall–Kier alpha value is -1.54. The summed E-state index contributed by atoms with van der Waals surface area (Å²) >= 11 is 0. The van der Waals surface area contributed by atoms with Crippen LogP contribution >= 0.6 is 0 Å². The lowest BCUT2D eigenvalue weighted by Gasteiger charge is -2.07. The predicted molar refractivity (Wildman–Crippen MR) is 56.7 cm³/mol. The standard InChI is InChI=1S/C10H10N2O2S/c11-7-8-3-1-2-4-10(8)12-15(13,14)9-5-6-9/h1-4,9,12H,5-6H2. The van der Waals surface area contributed by atoms with E-state index < -0.39 is 10.0 Å². The summed E-state index contributed by atoms with van der Waals surface area (Å²) < 4.78 is 25.7. The number of nitriles is 1. The quantitative estimate of drug-likeness (QED) is 0.841. The molecular formula is C10H10N2O2S. The van der Waals surface area contributed by atoms with Crippen molar-refractivity contribution in [3.05, 3.63) is 29.8 Å². The minimum atomic E-state index is -3.27. The number of hydrogen-bond acceptors (Lipinski definition) is 3. The van der Waals surface area contributed by atoms with Gasteiger partial charge in [0.1, 0.15) is 6.07 Å². The van der Waals surface area contributed by atoms with E-state index in [1.165, 1.54) is 0 Å². The molecule has 1 aromatic carbocycles. The van der Waals surface area contributed by atoms with E-state index in [1.54, 1.807) is 24.3 Å². The van der Waals surface area contributed by atoms with Gasteiger partial charge < -0.3 is 0 Å². The van der Waals surface area contributed by atoms with Gasteiger partial charge in [-0.2, -0.15) is 5.26 Å². The van der Waals surface area contributed by atoms with Gasteiger partial charge in [-0.3, -0.25) is 4.72 Å². The van der Waals surface area contributed by atoms with Gasteiger partial charge in [0, 0.05) is 0 Å². The highest BCUT2D eigenvalue weighted by molar-refractivity contribution is 7.93. The molecule has 1 N–H and O–H groups in total. The Morgan fingerprint density at radius 3 is 2.60 bits per heavy atom. The van der Waals surface area contributed by atoms with Gasteiger partial charge in [0.25, 0.3) is 0 Å². The Bertz CT molecular complexity index is 512. The molecule has 1 aliphatic rings. The summed E-state index contributed by atoms with van der Waals surface area (Å²) in [4.78, 5) is 0. The second kappa shape index (κ2) is 3.55. The average Bonchev–Trinajstić information content (AvgIpc) is 3.01. The fraction of sp³-hybridized carbons (Fsp3) is 0.300. The molecule has 0 radical (unpaired) electrons. The number of nitrogens with one attached hydrogen (secondary N) is 1. The molecule has 78 valence electrons. The highest BCUT2D eigenvalue weighted by Gasteiger charge is 2.35. The SMILES string of the molecule is N#Cc1ccccc1NS(=O)(=O)C1CC1. The Morgan fingerprint density at radius 2 is 2.00 bits per heavy atom. The van der Waals surface area contributed by atoms with Crippen molar-refractivity contribution in [2.24, 2.45) is 0 Å². The summed E-state index contributed by atoms with van der Waals surface area (Å²) in [6, 6.07) is 8.54. The van der Waals surface area contributed by atoms with E-state index in [2.05, 4.69) is 4.72 Å². The van der Waals surface area contributed by atoms with Crippen LogP contribution in [0.3, 0.4) is 0 Å². The molecule has 15 heavy (non-hydrogen) atoms. The maximum atomic E-state index is 11.6. The highest BCUT2D eigenvalue weighted by atomic mass is 32.2. The van der Waals surface area contributed by atoms with Crippen LogP contribution in [-0.2, 0) is 10.0 Å². The van der Waals surface area contributed by atoms with Crippen LogP contribution in [0.1, 0.15) is 18.4 Å². The van der Waals surface area contributed by atoms with Crippen LogP contribution < -0.4 is 4.72 Å². The molecule has 0 saturated heterocycles. The van der Waals surface area contributed by atoms with Gasteiger partial charge in [0.15, 0.2) is 0 Å². The number of nitrogens with zero attached hydrogens (tertiary/aromatic N) is 1. The summed E-state index contributed by atoms with van der Waals surface area (Å²) in [6.07, 6.45) is 1.42. The van der Waals surface area contributed by atoms with Crippen LogP contribution in [0, 0.1) is 11.3 Å². The van der Waals surface area contributed by atoms with Crippen LogP contribution in [0.2, 0.25) is 0 Å². The summed E-state index contributed by atoms with van der Waals surface area (Å²) in [5, 5.41) is 8.51. The van der Waals surface area contributed by atoms with Crippen molar-refractivity contribution in [2.45, 2.75) is 18.1 Å². The van der Waals surface area contributed by atoms with E-state index in [-0.39, 0.29) is 5.25 Å². The zero-order valence-electron chi connectivity index (χ0n) is 7.97. The van der Waals surface area contributed by atoms with Crippen molar-refractivity contribution in [3.63, 3.8) is 0 Å². The summed E-state index contributed by atoms with van der Waals surface area (Å²) in [5.41, 5.74) is 0.716. The van der Waals surface area contributed by atoms with Crippen LogP contribution in [0.5, 0.6) is 0 Å². The number of benzene rings is 1. The van der Waals surface area contributed by atoms with E-state index in [9.17, 15) is 8.42 Å². The topological polar surface area (TPSA) is 70.0 Å². The second-order valence-corrected chi connectivity index (χ2v) is 5.46. The molecule has 1 fully saturated rings. The fourth-order valence-corrected chi connectivity index (χ4v) is 2.69. The lowest BCUT2D eigenvalue weighted by atomic mass is 10.2. The minimum absolute atomic E-state index is 0.274. The van der Waals surface area contributed by atoms with E-state index in [0.29, 0.717) is 24.1 Å². The molecule has 2 rings (SSSR count). The zero-order valence-corrected chi connectivity index (χ0v) is 8.79. The predicted octanol–water partition coefficient (Wildman–Crippen LogP) is 1.46. The number of sulfonamides is 1. The third kappa shape index (κ3) is 2.10. The third-order valence-corrected chi connectivity index (χ3v) is 4.12. The van der Waals surface area contributed by atoms with E-state index in [1.807, 2.05) is 6.07 Å². The molecule has 1 saturated carbocycles. The molecule has 1 aliphatic carbocycles. The van der Waals surface area contributed by atoms with Crippen LogP contribution in [0.15, 0.2) is 24.3 Å². The van der Waals surface area contributed by atoms with Crippen molar-refractivity contribution >= 4 is 15.7 Å². The van der Waals surface area contributed by atoms with Crippen LogP contribution in [-0.4, -0.2) is 13.7 Å². The lowest BCUT2D eigenvalue weighted by Crippen LogP contribution is -2.17. The molecule has 0 aromatic heterocycles. The van der Waals surface area contributed by atoms with Gasteiger partial charge in [-0.05, 0) is 25.0 Å². The van der Waals surface area contributed by atoms with Gasteiger partial charge >= 0.3 is 0 Å². The Labute approximate surface area is 88.6 Å². The van der Waals surface area contributed by atoms with Gasteiger partial charge in [0.05, 0.1) is 16.5 Å². The van der Waals surface area contributed by atoms with Crippen molar-refractivity contribution in [1.29, 1.82) is 5.26 Å². The first kappa shape index (κ1) is 9.99. The Balaban J connectivity index is 2.28. The number of anilines is 1. The first-order chi connectivity index (χ1) is 7.13. The fourth-order valence-electron chi connectivity index (χ4n) is 1.28. The van der Waals surface area contributed by atoms with Gasteiger partial charge in [-0.15, -0.1) is 0 Å². The first-order valence-corrected chi connectivity index (χ1v) is 6.19. The van der Waals surface area contributed by atoms with Crippen molar-refractivity contribution in [2.75, 3.05) is 4.72 Å². The minimum Gasteiger partial charge on any atom is -0.282 e. The monoisotopic (exact) mass is 222 g/mol. The maximum absolute atomic E-state index is 11.6. The smallest absolute Gasteiger partial charge is 0.235 e. The molecule has 0 amide bonds. The number of hydrogen-bond donors (Lipinski definition) is 1. The van der Waals surface area contributed by atoms with E-state index >= 15 is 0 Å². The summed E-state index contributed by atoms with van der Waals surface area (Å²) in [5.74, 6) is 0. The molecule has 0 spiro atoms. The zero-order chi connectivity index (χ0) is 10.9. The van der Waals surface area contributed by atoms with Crippen molar-refractivity contribution in [3.8, 4) is 6.07 Å². The van der Waals surface area contributed by atoms with Crippen molar-refractivity contribution in [1.82, 2.24) is 0 Å².